The van der Waals surface area contributed by atoms with Gasteiger partial charge in [0.05, 0.1) is 0 Å². The number of aliphatic imine (C=N–C) groups is 1. The van der Waals surface area contributed by atoms with Gasteiger partial charge in [0, 0.05) is 19.2 Å². The van der Waals surface area contributed by atoms with Crippen molar-refractivity contribution in [1.82, 2.24) is 5.32 Å². The lowest BCUT2D eigenvalue weighted by Crippen LogP contribution is -2.33. The van der Waals surface area contributed by atoms with Crippen LogP contribution in [-0.2, 0) is 6.42 Å². The second-order valence-electron chi connectivity index (χ2n) is 4.07. The van der Waals surface area contributed by atoms with Crippen LogP contribution in [0.4, 0.5) is 8.78 Å². The third-order valence-electron chi connectivity index (χ3n) is 2.44. The average Bonchev–Trinajstić information content (AvgIpc) is 2.28. The van der Waals surface area contributed by atoms with E-state index in [4.69, 9.17) is 5.73 Å². The van der Waals surface area contributed by atoms with Crippen molar-refractivity contribution in [3.8, 4) is 0 Å². The molecule has 3 N–H and O–H groups in total. The molecule has 1 aromatic rings. The summed E-state index contributed by atoms with van der Waals surface area (Å²) in [5, 5.41) is 2.91. The Kier molecular flexibility index (Phi) is 6.11. The van der Waals surface area contributed by atoms with Crippen LogP contribution < -0.4 is 11.1 Å². The second-order valence-corrected chi connectivity index (χ2v) is 4.07. The molecular formula is C13H19F2N3. The molecule has 5 heteroatoms. The molecule has 3 nitrogen and oxygen atoms in total. The molecule has 0 aliphatic carbocycles. The maximum absolute atomic E-state index is 12.9. The molecule has 0 aromatic heterocycles. The van der Waals surface area contributed by atoms with Crippen molar-refractivity contribution in [3.05, 3.63) is 35.4 Å². The van der Waals surface area contributed by atoms with E-state index in [0.717, 1.165) is 18.9 Å². The number of guanidine groups is 1. The molecule has 0 bridgehead atoms. The summed E-state index contributed by atoms with van der Waals surface area (Å²) < 4.78 is 25.8. The van der Waals surface area contributed by atoms with Crippen molar-refractivity contribution in [3.63, 3.8) is 0 Å². The van der Waals surface area contributed by atoms with Crippen molar-refractivity contribution in [2.45, 2.75) is 26.2 Å². The normalized spacial score (nSPS) is 11.6. The minimum Gasteiger partial charge on any atom is -0.370 e. The molecule has 0 amide bonds. The van der Waals surface area contributed by atoms with Gasteiger partial charge < -0.3 is 11.1 Å². The molecule has 1 aromatic carbocycles. The Balaban J connectivity index is 2.34. The van der Waals surface area contributed by atoms with Crippen molar-refractivity contribution >= 4 is 5.96 Å². The first-order chi connectivity index (χ1) is 8.61. The average molecular weight is 255 g/mol. The van der Waals surface area contributed by atoms with Gasteiger partial charge in [-0.2, -0.15) is 0 Å². The summed E-state index contributed by atoms with van der Waals surface area (Å²) in [4.78, 5) is 4.12. The lowest BCUT2D eigenvalue weighted by Gasteiger charge is -2.06. The van der Waals surface area contributed by atoms with Crippen LogP contribution in [0.3, 0.4) is 0 Å². The van der Waals surface area contributed by atoms with Gasteiger partial charge in [-0.1, -0.05) is 13.3 Å². The molecule has 0 aliphatic rings. The molecule has 0 unspecified atom stereocenters. The molecule has 0 saturated carbocycles. The molecule has 0 saturated heterocycles. The van der Waals surface area contributed by atoms with Gasteiger partial charge in [-0.05, 0) is 30.5 Å². The fraction of sp³-hybridized carbons (Fsp3) is 0.462. The zero-order valence-electron chi connectivity index (χ0n) is 10.5. The van der Waals surface area contributed by atoms with E-state index in [0.29, 0.717) is 31.0 Å². The zero-order chi connectivity index (χ0) is 13.4. The van der Waals surface area contributed by atoms with Crippen LogP contribution in [0.2, 0.25) is 0 Å². The topological polar surface area (TPSA) is 50.4 Å². The molecule has 0 fully saturated rings. The summed E-state index contributed by atoms with van der Waals surface area (Å²) in [6.45, 7) is 3.28. The number of rotatable bonds is 6. The minimum absolute atomic E-state index is 0.375. The first-order valence-corrected chi connectivity index (χ1v) is 6.10. The lowest BCUT2D eigenvalue weighted by molar-refractivity contribution is 0.579. The molecule has 0 atom stereocenters. The first-order valence-electron chi connectivity index (χ1n) is 6.10. The maximum atomic E-state index is 12.9. The van der Waals surface area contributed by atoms with Gasteiger partial charge in [0.1, 0.15) is 11.6 Å². The van der Waals surface area contributed by atoms with E-state index in [1.165, 1.54) is 12.1 Å². The van der Waals surface area contributed by atoms with Crippen LogP contribution in [0, 0.1) is 11.6 Å². The number of halogens is 2. The third-order valence-corrected chi connectivity index (χ3v) is 2.44. The summed E-state index contributed by atoms with van der Waals surface area (Å²) >= 11 is 0. The van der Waals surface area contributed by atoms with E-state index in [1.54, 1.807) is 0 Å². The Labute approximate surface area is 106 Å². The standard InChI is InChI=1S/C13H19F2N3/c1-2-3-5-17-13(16)18-6-4-10-7-11(14)9-12(15)8-10/h7-9H,2-6H2,1H3,(H3,16,17,18). The fourth-order valence-corrected chi connectivity index (χ4v) is 1.50. The van der Waals surface area contributed by atoms with Gasteiger partial charge >= 0.3 is 0 Å². The van der Waals surface area contributed by atoms with E-state index in [-0.39, 0.29) is 0 Å². The molecule has 0 spiro atoms. The van der Waals surface area contributed by atoms with Gasteiger partial charge in [0.2, 0.25) is 0 Å². The highest BCUT2D eigenvalue weighted by molar-refractivity contribution is 5.77. The summed E-state index contributed by atoms with van der Waals surface area (Å²) in [5.74, 6) is -0.746. The van der Waals surface area contributed by atoms with Crippen LogP contribution in [0.5, 0.6) is 0 Å². The quantitative estimate of drug-likeness (QED) is 0.465. The smallest absolute Gasteiger partial charge is 0.188 e. The van der Waals surface area contributed by atoms with Crippen molar-refractivity contribution in [1.29, 1.82) is 0 Å². The molecule has 18 heavy (non-hydrogen) atoms. The maximum Gasteiger partial charge on any atom is 0.188 e. The Bertz CT molecular complexity index is 385. The highest BCUT2D eigenvalue weighted by atomic mass is 19.1. The highest BCUT2D eigenvalue weighted by Gasteiger charge is 2.00. The largest absolute Gasteiger partial charge is 0.370 e. The monoisotopic (exact) mass is 255 g/mol. The highest BCUT2D eigenvalue weighted by Crippen LogP contribution is 2.07. The zero-order valence-corrected chi connectivity index (χ0v) is 10.5. The SMILES string of the molecule is CCCCN=C(N)NCCc1cc(F)cc(F)c1. The molecular weight excluding hydrogens is 236 g/mol. The first kappa shape index (κ1) is 14.4. The Morgan fingerprint density at radius 1 is 1.28 bits per heavy atom. The number of nitrogens with zero attached hydrogens (tertiary/aromatic N) is 1. The Hall–Kier alpha value is -1.65. The predicted octanol–water partition coefficient (Wildman–Crippen LogP) is 2.21. The number of hydrogen-bond donors (Lipinski definition) is 2. The van der Waals surface area contributed by atoms with E-state index in [2.05, 4.69) is 17.2 Å². The summed E-state index contributed by atoms with van der Waals surface area (Å²) in [6, 6.07) is 3.49. The van der Waals surface area contributed by atoms with Crippen molar-refractivity contribution < 1.29 is 8.78 Å². The number of nitrogens with two attached hydrogens (primary N) is 1. The number of hydrogen-bond acceptors (Lipinski definition) is 1. The molecule has 0 radical (unpaired) electrons. The van der Waals surface area contributed by atoms with Gasteiger partial charge in [0.15, 0.2) is 5.96 Å². The third kappa shape index (κ3) is 5.61. The van der Waals surface area contributed by atoms with E-state index in [1.807, 2.05) is 0 Å². The molecule has 100 valence electrons. The molecule has 1 rings (SSSR count). The second kappa shape index (κ2) is 7.63. The van der Waals surface area contributed by atoms with Crippen LogP contribution in [0.1, 0.15) is 25.3 Å². The number of benzene rings is 1. The van der Waals surface area contributed by atoms with Crippen LogP contribution in [0.25, 0.3) is 0 Å². The minimum atomic E-state index is -0.561. The van der Waals surface area contributed by atoms with Crippen LogP contribution >= 0.6 is 0 Å². The lowest BCUT2D eigenvalue weighted by atomic mass is 10.1. The summed E-state index contributed by atoms with van der Waals surface area (Å²) in [6.07, 6.45) is 2.56. The van der Waals surface area contributed by atoms with Gasteiger partial charge in [-0.15, -0.1) is 0 Å². The fourth-order valence-electron chi connectivity index (χ4n) is 1.50. The predicted molar refractivity (Wildman–Crippen MR) is 69.5 cm³/mol. The van der Waals surface area contributed by atoms with E-state index in [9.17, 15) is 8.78 Å². The van der Waals surface area contributed by atoms with Gasteiger partial charge in [-0.25, -0.2) is 8.78 Å². The van der Waals surface area contributed by atoms with Gasteiger partial charge in [-0.3, -0.25) is 4.99 Å². The Morgan fingerprint density at radius 2 is 1.94 bits per heavy atom. The van der Waals surface area contributed by atoms with Crippen molar-refractivity contribution in [2.75, 3.05) is 13.1 Å². The van der Waals surface area contributed by atoms with E-state index < -0.39 is 11.6 Å². The van der Waals surface area contributed by atoms with Crippen molar-refractivity contribution in [2.24, 2.45) is 10.7 Å². The van der Waals surface area contributed by atoms with Gasteiger partial charge in [0.25, 0.3) is 0 Å². The number of nitrogens with one attached hydrogen (secondary N) is 1. The van der Waals surface area contributed by atoms with Crippen LogP contribution in [0.15, 0.2) is 23.2 Å². The van der Waals surface area contributed by atoms with E-state index >= 15 is 0 Å². The van der Waals surface area contributed by atoms with Crippen LogP contribution in [-0.4, -0.2) is 19.0 Å². The molecule has 0 aliphatic heterocycles. The Morgan fingerprint density at radius 3 is 2.56 bits per heavy atom. The summed E-state index contributed by atoms with van der Waals surface area (Å²) in [5.41, 5.74) is 6.23. The molecule has 0 heterocycles. The number of unbranched alkanes of at least 4 members (excludes halogenated alkanes) is 1. The summed E-state index contributed by atoms with van der Waals surface area (Å²) in [7, 11) is 0.